The number of halogens is 2. The van der Waals surface area contributed by atoms with Crippen LogP contribution in [-0.2, 0) is 10.0 Å². The zero-order valence-corrected chi connectivity index (χ0v) is 21.5. The van der Waals surface area contributed by atoms with Crippen molar-refractivity contribution < 1.29 is 36.3 Å². The standard InChI is InChI=1S/C26H25F2N3O6S/c1-29-26(33)24-18-13-23(36-2)21(31(10-11-32)38(3,34)35)14-22(18)37-25(24)15-4-7-17(8-5-15)30-20-9-6-16(27)12-19(20)28/h4-9,12-14,30,32H,10-11H2,1-3H3,(H,29,33). The fraction of sp³-hybridized carbons (Fsp3) is 0.192. The van der Waals surface area contributed by atoms with Gasteiger partial charge in [-0.1, -0.05) is 0 Å². The number of nitrogens with zero attached hydrogens (tertiary/aromatic N) is 1. The third-order valence-corrected chi connectivity index (χ3v) is 6.95. The summed E-state index contributed by atoms with van der Waals surface area (Å²) in [6, 6.07) is 12.7. The third kappa shape index (κ3) is 5.27. The number of benzene rings is 3. The Bertz CT molecular complexity index is 1600. The van der Waals surface area contributed by atoms with Gasteiger partial charge in [-0.3, -0.25) is 9.10 Å². The Balaban J connectivity index is 1.81. The molecule has 0 radical (unpaired) electrons. The monoisotopic (exact) mass is 545 g/mol. The van der Waals surface area contributed by atoms with Crippen molar-refractivity contribution in [2.24, 2.45) is 0 Å². The predicted octanol–water partition coefficient (Wildman–Crippen LogP) is 4.25. The number of aliphatic hydroxyl groups excluding tert-OH is 1. The number of ether oxygens (including phenoxy) is 1. The molecule has 0 aliphatic rings. The van der Waals surface area contributed by atoms with Gasteiger partial charge in [0.05, 0.1) is 43.5 Å². The van der Waals surface area contributed by atoms with Crippen LogP contribution in [0, 0.1) is 11.6 Å². The molecule has 1 amide bonds. The molecule has 0 saturated heterocycles. The first-order chi connectivity index (χ1) is 18.1. The molecule has 0 unspecified atom stereocenters. The van der Waals surface area contributed by atoms with Crippen LogP contribution in [0.3, 0.4) is 0 Å². The van der Waals surface area contributed by atoms with E-state index in [1.54, 1.807) is 24.3 Å². The van der Waals surface area contributed by atoms with Crippen molar-refractivity contribution in [1.29, 1.82) is 0 Å². The van der Waals surface area contributed by atoms with Crippen LogP contribution in [0.1, 0.15) is 10.4 Å². The molecule has 12 heteroatoms. The van der Waals surface area contributed by atoms with E-state index >= 15 is 0 Å². The lowest BCUT2D eigenvalue weighted by Gasteiger charge is -2.23. The molecular weight excluding hydrogens is 520 g/mol. The van der Waals surface area contributed by atoms with Crippen LogP contribution in [0.15, 0.2) is 59.0 Å². The van der Waals surface area contributed by atoms with Gasteiger partial charge in [0, 0.05) is 35.8 Å². The lowest BCUT2D eigenvalue weighted by Crippen LogP contribution is -2.32. The zero-order valence-electron chi connectivity index (χ0n) is 20.7. The van der Waals surface area contributed by atoms with Gasteiger partial charge in [-0.05, 0) is 42.5 Å². The summed E-state index contributed by atoms with van der Waals surface area (Å²) in [5.41, 5.74) is 1.67. The van der Waals surface area contributed by atoms with Gasteiger partial charge in [-0.2, -0.15) is 0 Å². The fourth-order valence-electron chi connectivity index (χ4n) is 4.03. The highest BCUT2D eigenvalue weighted by molar-refractivity contribution is 7.92. The molecule has 1 aromatic heterocycles. The van der Waals surface area contributed by atoms with Crippen LogP contribution < -0.4 is 19.7 Å². The largest absolute Gasteiger partial charge is 0.495 e. The Kier molecular flexibility index (Phi) is 7.56. The smallest absolute Gasteiger partial charge is 0.255 e. The molecule has 38 heavy (non-hydrogen) atoms. The lowest BCUT2D eigenvalue weighted by atomic mass is 10.0. The minimum atomic E-state index is -3.78. The quantitative estimate of drug-likeness (QED) is 0.288. The second-order valence-corrected chi connectivity index (χ2v) is 10.2. The van der Waals surface area contributed by atoms with E-state index in [1.807, 2.05) is 0 Å². The third-order valence-electron chi connectivity index (χ3n) is 5.77. The van der Waals surface area contributed by atoms with Gasteiger partial charge >= 0.3 is 0 Å². The van der Waals surface area contributed by atoms with Crippen molar-refractivity contribution in [3.05, 3.63) is 71.8 Å². The van der Waals surface area contributed by atoms with Crippen molar-refractivity contribution >= 4 is 44.0 Å². The second-order valence-electron chi connectivity index (χ2n) is 8.29. The van der Waals surface area contributed by atoms with E-state index in [1.165, 1.54) is 32.4 Å². The van der Waals surface area contributed by atoms with Gasteiger partial charge < -0.3 is 24.9 Å². The second kappa shape index (κ2) is 10.7. The SMILES string of the molecule is CNC(=O)c1c(-c2ccc(Nc3ccc(F)cc3F)cc2)oc2cc(N(CCO)S(C)(=O)=O)c(OC)cc12. The van der Waals surface area contributed by atoms with Crippen LogP contribution in [0.5, 0.6) is 5.75 Å². The summed E-state index contributed by atoms with van der Waals surface area (Å²) >= 11 is 0. The summed E-state index contributed by atoms with van der Waals surface area (Å²) in [5.74, 6) is -1.51. The molecule has 4 aromatic rings. The summed E-state index contributed by atoms with van der Waals surface area (Å²) in [7, 11) is -0.949. The molecule has 0 saturated carbocycles. The summed E-state index contributed by atoms with van der Waals surface area (Å²) in [5, 5.41) is 15.2. The number of hydrogen-bond donors (Lipinski definition) is 3. The van der Waals surface area contributed by atoms with Gasteiger partial charge in [-0.15, -0.1) is 0 Å². The molecule has 0 aliphatic carbocycles. The number of carbonyl (C=O) groups is 1. The summed E-state index contributed by atoms with van der Waals surface area (Å²) in [6.45, 7) is -0.636. The first kappa shape index (κ1) is 26.9. The number of carbonyl (C=O) groups excluding carboxylic acids is 1. The first-order valence-electron chi connectivity index (χ1n) is 11.3. The lowest BCUT2D eigenvalue weighted by molar-refractivity contribution is 0.0964. The van der Waals surface area contributed by atoms with Crippen LogP contribution in [-0.4, -0.2) is 53.0 Å². The maximum atomic E-state index is 14.0. The van der Waals surface area contributed by atoms with Gasteiger partial charge in [0.25, 0.3) is 5.91 Å². The van der Waals surface area contributed by atoms with Gasteiger partial charge in [-0.25, -0.2) is 17.2 Å². The van der Waals surface area contributed by atoms with Crippen molar-refractivity contribution in [3.63, 3.8) is 0 Å². The highest BCUT2D eigenvalue weighted by atomic mass is 32.2. The Labute approximate surface area is 217 Å². The predicted molar refractivity (Wildman–Crippen MR) is 141 cm³/mol. The Morgan fingerprint density at radius 2 is 1.82 bits per heavy atom. The molecule has 4 rings (SSSR count). The van der Waals surface area contributed by atoms with Crippen molar-refractivity contribution in [1.82, 2.24) is 5.32 Å². The number of amides is 1. The van der Waals surface area contributed by atoms with E-state index in [0.717, 1.165) is 22.7 Å². The van der Waals surface area contributed by atoms with Crippen molar-refractivity contribution in [2.45, 2.75) is 0 Å². The van der Waals surface area contributed by atoms with Gasteiger partial charge in [0.2, 0.25) is 10.0 Å². The number of sulfonamides is 1. The molecule has 0 bridgehead atoms. The summed E-state index contributed by atoms with van der Waals surface area (Å²) in [4.78, 5) is 12.9. The number of furan rings is 1. The van der Waals surface area contributed by atoms with E-state index in [4.69, 9.17) is 9.15 Å². The Hall–Kier alpha value is -4.16. The average molecular weight is 546 g/mol. The normalized spacial score (nSPS) is 11.4. The highest BCUT2D eigenvalue weighted by Crippen LogP contribution is 2.41. The number of hydrogen-bond acceptors (Lipinski definition) is 7. The van der Waals surface area contributed by atoms with Crippen molar-refractivity contribution in [2.75, 3.05) is 43.2 Å². The van der Waals surface area contributed by atoms with Crippen LogP contribution in [0.25, 0.3) is 22.3 Å². The molecule has 0 spiro atoms. The summed E-state index contributed by atoms with van der Waals surface area (Å²) in [6.07, 6.45) is 1.00. The number of fused-ring (bicyclic) bond motifs is 1. The van der Waals surface area contributed by atoms with Crippen LogP contribution >= 0.6 is 0 Å². The minimum Gasteiger partial charge on any atom is -0.495 e. The highest BCUT2D eigenvalue weighted by Gasteiger charge is 2.27. The average Bonchev–Trinajstić information content (AvgIpc) is 3.25. The molecule has 200 valence electrons. The number of anilines is 3. The van der Waals surface area contributed by atoms with Crippen LogP contribution in [0.2, 0.25) is 0 Å². The Morgan fingerprint density at radius 1 is 1.11 bits per heavy atom. The van der Waals surface area contributed by atoms with Crippen molar-refractivity contribution in [3.8, 4) is 17.1 Å². The maximum absolute atomic E-state index is 14.0. The number of aliphatic hydroxyl groups is 1. The fourth-order valence-corrected chi connectivity index (χ4v) is 4.94. The minimum absolute atomic E-state index is 0.0897. The number of rotatable bonds is 9. The van der Waals surface area contributed by atoms with Gasteiger partial charge in [0.1, 0.15) is 28.7 Å². The molecule has 3 N–H and O–H groups in total. The zero-order chi connectivity index (χ0) is 27.6. The van der Waals surface area contributed by atoms with E-state index < -0.39 is 34.2 Å². The molecular formula is C26H25F2N3O6S. The van der Waals surface area contributed by atoms with E-state index in [0.29, 0.717) is 16.6 Å². The molecule has 1 heterocycles. The Morgan fingerprint density at radius 3 is 2.39 bits per heavy atom. The maximum Gasteiger partial charge on any atom is 0.255 e. The molecule has 0 atom stereocenters. The molecule has 9 nitrogen and oxygen atoms in total. The number of methoxy groups -OCH3 is 1. The molecule has 0 aliphatic heterocycles. The van der Waals surface area contributed by atoms with E-state index in [2.05, 4.69) is 10.6 Å². The topological polar surface area (TPSA) is 121 Å². The molecule has 0 fully saturated rings. The van der Waals surface area contributed by atoms with E-state index in [-0.39, 0.29) is 40.6 Å². The first-order valence-corrected chi connectivity index (χ1v) is 13.2. The van der Waals surface area contributed by atoms with Gasteiger partial charge in [0.15, 0.2) is 0 Å². The van der Waals surface area contributed by atoms with Crippen LogP contribution in [0.4, 0.5) is 25.8 Å². The summed E-state index contributed by atoms with van der Waals surface area (Å²) < 4.78 is 64.5. The number of nitrogens with one attached hydrogen (secondary N) is 2. The molecule has 3 aromatic carbocycles. The van der Waals surface area contributed by atoms with E-state index in [9.17, 15) is 27.1 Å².